The predicted octanol–water partition coefficient (Wildman–Crippen LogP) is 0.914. The molecule has 1 aliphatic rings. The van der Waals surface area contributed by atoms with E-state index in [9.17, 15) is 4.79 Å². The minimum absolute atomic E-state index is 0.116. The molecule has 0 aliphatic carbocycles. The highest BCUT2D eigenvalue weighted by Crippen LogP contribution is 2.10. The summed E-state index contributed by atoms with van der Waals surface area (Å²) in [7, 11) is 0. The van der Waals surface area contributed by atoms with Crippen LogP contribution in [0.4, 0.5) is 5.82 Å². The molecule has 0 amide bonds. The topological polar surface area (TPSA) is 61.0 Å². The number of hydrogen-bond donors (Lipinski definition) is 2. The van der Waals surface area contributed by atoms with E-state index in [2.05, 4.69) is 27.1 Å². The third-order valence-electron chi connectivity index (χ3n) is 3.08. The zero-order valence-corrected chi connectivity index (χ0v) is 10.3. The van der Waals surface area contributed by atoms with Gasteiger partial charge in [-0.3, -0.25) is 4.79 Å². The maximum Gasteiger partial charge on any atom is 0.252 e. The number of rotatable bonds is 5. The van der Waals surface area contributed by atoms with Crippen molar-refractivity contribution in [3.05, 3.63) is 22.7 Å². The number of nitrogens with one attached hydrogen (secondary N) is 2. The molecule has 0 radical (unpaired) electrons. The van der Waals surface area contributed by atoms with E-state index in [0.717, 1.165) is 13.1 Å². The Morgan fingerprint density at radius 3 is 3.00 bits per heavy atom. The maximum atomic E-state index is 11.1. The van der Waals surface area contributed by atoms with Crippen molar-refractivity contribution < 1.29 is 0 Å². The van der Waals surface area contributed by atoms with E-state index in [-0.39, 0.29) is 5.56 Å². The number of nitrogens with zero attached hydrogens (tertiary/aromatic N) is 2. The second-order valence-electron chi connectivity index (χ2n) is 4.79. The summed E-state index contributed by atoms with van der Waals surface area (Å²) in [5, 5.41) is 3.20. The Kier molecular flexibility index (Phi) is 4.14. The van der Waals surface area contributed by atoms with Crippen molar-refractivity contribution in [2.45, 2.75) is 19.8 Å². The van der Waals surface area contributed by atoms with Gasteiger partial charge in [-0.2, -0.15) is 0 Å². The molecule has 1 fully saturated rings. The first kappa shape index (κ1) is 12.1. The zero-order chi connectivity index (χ0) is 12.1. The van der Waals surface area contributed by atoms with Crippen LogP contribution in [-0.4, -0.2) is 41.0 Å². The van der Waals surface area contributed by atoms with Crippen molar-refractivity contribution in [1.82, 2.24) is 14.9 Å². The van der Waals surface area contributed by atoms with Crippen LogP contribution in [0, 0.1) is 5.92 Å². The van der Waals surface area contributed by atoms with Gasteiger partial charge in [-0.1, -0.05) is 6.92 Å². The molecule has 1 unspecified atom stereocenters. The molecule has 1 atom stereocenters. The van der Waals surface area contributed by atoms with E-state index in [4.69, 9.17) is 0 Å². The van der Waals surface area contributed by atoms with Crippen LogP contribution >= 0.6 is 0 Å². The van der Waals surface area contributed by atoms with Crippen molar-refractivity contribution in [3.63, 3.8) is 0 Å². The number of hydrogen-bond acceptors (Lipinski definition) is 4. The molecule has 17 heavy (non-hydrogen) atoms. The lowest BCUT2D eigenvalue weighted by Gasteiger charge is -2.20. The van der Waals surface area contributed by atoms with Crippen LogP contribution in [-0.2, 0) is 0 Å². The van der Waals surface area contributed by atoms with Gasteiger partial charge in [0.2, 0.25) is 0 Å². The third-order valence-corrected chi connectivity index (χ3v) is 3.08. The van der Waals surface area contributed by atoms with Crippen molar-refractivity contribution in [2.75, 3.05) is 31.5 Å². The van der Waals surface area contributed by atoms with Crippen LogP contribution in [0.1, 0.15) is 19.8 Å². The SMILES string of the molecule is CC(CNc1cc(=O)[nH]cn1)CN1CCCC1. The molecular formula is C12H20N4O. The predicted molar refractivity (Wildman–Crippen MR) is 68.2 cm³/mol. The van der Waals surface area contributed by atoms with Gasteiger partial charge in [-0.05, 0) is 31.8 Å². The summed E-state index contributed by atoms with van der Waals surface area (Å²) >= 11 is 0. The fourth-order valence-electron chi connectivity index (χ4n) is 2.21. The average molecular weight is 236 g/mol. The molecule has 5 nitrogen and oxygen atoms in total. The molecule has 1 aromatic heterocycles. The highest BCUT2D eigenvalue weighted by Gasteiger charge is 2.14. The van der Waals surface area contributed by atoms with E-state index >= 15 is 0 Å². The first-order valence-electron chi connectivity index (χ1n) is 6.25. The minimum Gasteiger partial charge on any atom is -0.370 e. The fourth-order valence-corrected chi connectivity index (χ4v) is 2.21. The van der Waals surface area contributed by atoms with Gasteiger partial charge in [0.25, 0.3) is 5.56 Å². The molecule has 0 aromatic carbocycles. The first-order chi connectivity index (χ1) is 8.24. The monoisotopic (exact) mass is 236 g/mol. The minimum atomic E-state index is -0.116. The van der Waals surface area contributed by atoms with Crippen LogP contribution in [0.5, 0.6) is 0 Å². The summed E-state index contributed by atoms with van der Waals surface area (Å²) in [5.41, 5.74) is -0.116. The summed E-state index contributed by atoms with van der Waals surface area (Å²) in [6.07, 6.45) is 4.08. The second-order valence-corrected chi connectivity index (χ2v) is 4.79. The number of likely N-dealkylation sites (tertiary alicyclic amines) is 1. The summed E-state index contributed by atoms with van der Waals surface area (Å²) in [6.45, 7) is 6.66. The quantitative estimate of drug-likeness (QED) is 0.798. The van der Waals surface area contributed by atoms with Gasteiger partial charge in [0.15, 0.2) is 0 Å². The van der Waals surface area contributed by atoms with Crippen molar-refractivity contribution in [2.24, 2.45) is 5.92 Å². The second kappa shape index (κ2) is 5.82. The Morgan fingerprint density at radius 2 is 2.29 bits per heavy atom. The Balaban J connectivity index is 1.75. The van der Waals surface area contributed by atoms with E-state index < -0.39 is 0 Å². The molecular weight excluding hydrogens is 216 g/mol. The lowest BCUT2D eigenvalue weighted by molar-refractivity contribution is 0.294. The molecule has 2 rings (SSSR count). The Hall–Kier alpha value is -1.36. The highest BCUT2D eigenvalue weighted by molar-refractivity contribution is 5.31. The van der Waals surface area contributed by atoms with Crippen LogP contribution in [0.25, 0.3) is 0 Å². The smallest absolute Gasteiger partial charge is 0.252 e. The van der Waals surface area contributed by atoms with Crippen LogP contribution < -0.4 is 10.9 Å². The van der Waals surface area contributed by atoms with Crippen LogP contribution in [0.2, 0.25) is 0 Å². The van der Waals surface area contributed by atoms with Crippen LogP contribution in [0.3, 0.4) is 0 Å². The van der Waals surface area contributed by atoms with Gasteiger partial charge in [-0.15, -0.1) is 0 Å². The molecule has 94 valence electrons. The number of aromatic nitrogens is 2. The molecule has 2 heterocycles. The molecule has 1 saturated heterocycles. The lowest BCUT2D eigenvalue weighted by Crippen LogP contribution is -2.29. The first-order valence-corrected chi connectivity index (χ1v) is 6.25. The van der Waals surface area contributed by atoms with Gasteiger partial charge >= 0.3 is 0 Å². The average Bonchev–Trinajstić information content (AvgIpc) is 2.79. The van der Waals surface area contributed by atoms with Gasteiger partial charge in [0.1, 0.15) is 5.82 Å². The Morgan fingerprint density at radius 1 is 1.53 bits per heavy atom. The standard InChI is InChI=1S/C12H20N4O/c1-10(8-16-4-2-3-5-16)7-13-11-6-12(17)15-9-14-11/h6,9-10H,2-5,7-8H2,1H3,(H2,13,14,15,17). The summed E-state index contributed by atoms with van der Waals surface area (Å²) in [4.78, 5) is 20.1. The van der Waals surface area contributed by atoms with Gasteiger partial charge in [-0.25, -0.2) is 4.98 Å². The van der Waals surface area contributed by atoms with E-state index in [0.29, 0.717) is 11.7 Å². The Bertz CT molecular complexity index is 397. The third kappa shape index (κ3) is 3.85. The summed E-state index contributed by atoms with van der Waals surface area (Å²) < 4.78 is 0. The van der Waals surface area contributed by atoms with E-state index in [1.807, 2.05) is 0 Å². The van der Waals surface area contributed by atoms with Gasteiger partial charge < -0.3 is 15.2 Å². The molecule has 1 aromatic rings. The summed E-state index contributed by atoms with van der Waals surface area (Å²) in [6, 6.07) is 1.49. The maximum absolute atomic E-state index is 11.1. The van der Waals surface area contributed by atoms with Crippen LogP contribution in [0.15, 0.2) is 17.2 Å². The van der Waals surface area contributed by atoms with Crippen molar-refractivity contribution >= 4 is 5.82 Å². The zero-order valence-electron chi connectivity index (χ0n) is 10.3. The molecule has 0 bridgehead atoms. The lowest BCUT2D eigenvalue weighted by atomic mass is 10.1. The molecule has 0 spiro atoms. The highest BCUT2D eigenvalue weighted by atomic mass is 16.1. The Labute approximate surface area is 101 Å². The number of aromatic amines is 1. The normalized spacial score (nSPS) is 18.2. The number of anilines is 1. The summed E-state index contributed by atoms with van der Waals surface area (Å²) in [5.74, 6) is 1.22. The molecule has 2 N–H and O–H groups in total. The molecule has 1 aliphatic heterocycles. The van der Waals surface area contributed by atoms with Gasteiger partial charge in [0, 0.05) is 19.2 Å². The fraction of sp³-hybridized carbons (Fsp3) is 0.667. The van der Waals surface area contributed by atoms with Crippen molar-refractivity contribution in [3.8, 4) is 0 Å². The van der Waals surface area contributed by atoms with E-state index in [1.54, 1.807) is 0 Å². The van der Waals surface area contributed by atoms with Gasteiger partial charge in [0.05, 0.1) is 6.33 Å². The van der Waals surface area contributed by atoms with Crippen molar-refractivity contribution in [1.29, 1.82) is 0 Å². The molecule has 5 heteroatoms. The largest absolute Gasteiger partial charge is 0.370 e. The number of H-pyrrole nitrogens is 1. The molecule has 0 saturated carbocycles. The van der Waals surface area contributed by atoms with E-state index in [1.165, 1.54) is 38.3 Å².